The number of fused-ring (bicyclic) bond motifs is 1. The molecule has 0 spiro atoms. The van der Waals surface area contributed by atoms with Gasteiger partial charge in [-0.25, -0.2) is 0 Å². The maximum Gasteiger partial charge on any atom is 0.253 e. The average Bonchev–Trinajstić information content (AvgIpc) is 2.92. The molecule has 2 heterocycles. The van der Waals surface area contributed by atoms with Gasteiger partial charge in [-0.1, -0.05) is 54.6 Å². The molecule has 5 heteroatoms. The molecule has 0 saturated carbocycles. The molecule has 3 aromatic carbocycles. The highest BCUT2D eigenvalue weighted by atomic mass is 16.2. The van der Waals surface area contributed by atoms with Crippen molar-refractivity contribution >= 4 is 17.5 Å². The van der Waals surface area contributed by atoms with Crippen LogP contribution >= 0.6 is 0 Å². The fourth-order valence-corrected chi connectivity index (χ4v) is 5.20. The first-order chi connectivity index (χ1) is 16.9. The molecule has 3 aromatic rings. The number of hydrogen-bond donors (Lipinski definition) is 0. The number of amides is 2. The van der Waals surface area contributed by atoms with Gasteiger partial charge in [-0.05, 0) is 61.2 Å². The van der Waals surface area contributed by atoms with E-state index in [9.17, 15) is 9.59 Å². The Morgan fingerprint density at radius 2 is 1.29 bits per heavy atom. The van der Waals surface area contributed by atoms with Crippen molar-refractivity contribution in [3.63, 3.8) is 0 Å². The third kappa shape index (κ3) is 4.68. The maximum absolute atomic E-state index is 13.2. The summed E-state index contributed by atoms with van der Waals surface area (Å²) in [6, 6.07) is 26.5. The second-order valence-electron chi connectivity index (χ2n) is 10.1. The van der Waals surface area contributed by atoms with E-state index in [1.165, 1.54) is 11.1 Å². The molecule has 35 heavy (non-hydrogen) atoms. The molecule has 2 aliphatic heterocycles. The first-order valence-corrected chi connectivity index (χ1v) is 12.5. The first-order valence-electron chi connectivity index (χ1n) is 12.5. The fraction of sp³-hybridized carbons (Fsp3) is 0.333. The number of piperazine rings is 1. The predicted molar refractivity (Wildman–Crippen MR) is 140 cm³/mol. The number of carbonyl (C=O) groups is 2. The van der Waals surface area contributed by atoms with Crippen molar-refractivity contribution < 1.29 is 9.59 Å². The summed E-state index contributed by atoms with van der Waals surface area (Å²) in [4.78, 5) is 32.5. The highest BCUT2D eigenvalue weighted by molar-refractivity contribution is 5.95. The Morgan fingerprint density at radius 1 is 0.686 bits per heavy atom. The van der Waals surface area contributed by atoms with Crippen molar-refractivity contribution in [2.24, 2.45) is 0 Å². The number of nitrogens with zero attached hydrogens (tertiary/aromatic N) is 3. The van der Waals surface area contributed by atoms with Crippen LogP contribution in [0, 0.1) is 0 Å². The van der Waals surface area contributed by atoms with E-state index in [2.05, 4.69) is 41.3 Å². The third-order valence-corrected chi connectivity index (χ3v) is 7.49. The molecule has 1 saturated heterocycles. The van der Waals surface area contributed by atoms with Crippen molar-refractivity contribution in [1.29, 1.82) is 0 Å². The van der Waals surface area contributed by atoms with Crippen LogP contribution in [0.15, 0.2) is 78.9 Å². The number of carbonyl (C=O) groups excluding carboxylic acids is 2. The summed E-state index contributed by atoms with van der Waals surface area (Å²) in [5, 5.41) is 0. The van der Waals surface area contributed by atoms with Gasteiger partial charge in [-0.3, -0.25) is 9.59 Å². The molecule has 5 rings (SSSR count). The molecule has 0 N–H and O–H groups in total. The van der Waals surface area contributed by atoms with Gasteiger partial charge in [0, 0.05) is 50.5 Å². The zero-order valence-electron chi connectivity index (χ0n) is 20.6. The smallest absolute Gasteiger partial charge is 0.253 e. The zero-order chi connectivity index (χ0) is 24.4. The van der Waals surface area contributed by atoms with E-state index in [1.807, 2.05) is 66.1 Å². The Hall–Kier alpha value is -3.60. The van der Waals surface area contributed by atoms with Crippen molar-refractivity contribution in [3.05, 3.63) is 101 Å². The van der Waals surface area contributed by atoms with Crippen molar-refractivity contribution in [2.75, 3.05) is 37.6 Å². The minimum atomic E-state index is -0.585. The predicted octanol–water partition coefficient (Wildman–Crippen LogP) is 4.51. The van der Waals surface area contributed by atoms with Crippen LogP contribution < -0.4 is 4.90 Å². The maximum atomic E-state index is 13.2. The second-order valence-corrected chi connectivity index (χ2v) is 10.1. The highest BCUT2D eigenvalue weighted by Crippen LogP contribution is 2.27. The summed E-state index contributed by atoms with van der Waals surface area (Å²) in [5.74, 6) is 0.151. The Labute approximate surface area is 208 Å². The SMILES string of the molecule is CC(C)(C(=O)N1CCN(C(=O)c2ccc(N3CCc4ccccc4C3)cc2)CC1)c1ccccc1. The Kier molecular flexibility index (Phi) is 6.33. The van der Waals surface area contributed by atoms with E-state index < -0.39 is 5.41 Å². The molecule has 1 fully saturated rings. The van der Waals surface area contributed by atoms with Crippen LogP contribution in [0.4, 0.5) is 5.69 Å². The Balaban J connectivity index is 1.19. The normalized spacial score (nSPS) is 16.1. The van der Waals surface area contributed by atoms with Crippen LogP contribution in [-0.2, 0) is 23.2 Å². The second kappa shape index (κ2) is 9.57. The van der Waals surface area contributed by atoms with Crippen molar-refractivity contribution in [1.82, 2.24) is 9.80 Å². The van der Waals surface area contributed by atoms with Gasteiger partial charge in [-0.15, -0.1) is 0 Å². The van der Waals surface area contributed by atoms with Crippen molar-refractivity contribution in [2.45, 2.75) is 32.2 Å². The van der Waals surface area contributed by atoms with E-state index in [4.69, 9.17) is 0 Å². The van der Waals surface area contributed by atoms with Gasteiger partial charge >= 0.3 is 0 Å². The standard InChI is InChI=1S/C30H33N3O2/c1-30(2,26-10-4-3-5-11-26)29(35)32-20-18-31(19-21-32)28(34)24-12-14-27(15-13-24)33-17-16-23-8-6-7-9-25(23)22-33/h3-15H,16-22H2,1-2H3. The minimum Gasteiger partial charge on any atom is -0.367 e. The lowest BCUT2D eigenvalue weighted by molar-refractivity contribution is -0.137. The molecule has 0 atom stereocenters. The van der Waals surface area contributed by atoms with Gasteiger partial charge in [0.05, 0.1) is 5.41 Å². The summed E-state index contributed by atoms with van der Waals surface area (Å²) < 4.78 is 0. The fourth-order valence-electron chi connectivity index (χ4n) is 5.20. The molecule has 2 amide bonds. The van der Waals surface area contributed by atoms with Crippen molar-refractivity contribution in [3.8, 4) is 0 Å². The molecule has 0 unspecified atom stereocenters. The van der Waals surface area contributed by atoms with Crippen LogP contribution in [0.1, 0.15) is 40.9 Å². The van der Waals surface area contributed by atoms with Gasteiger partial charge in [0.25, 0.3) is 5.91 Å². The van der Waals surface area contributed by atoms with Crippen LogP contribution in [-0.4, -0.2) is 54.3 Å². The van der Waals surface area contributed by atoms with Crippen LogP contribution in [0.5, 0.6) is 0 Å². The topological polar surface area (TPSA) is 43.9 Å². The first kappa shape index (κ1) is 23.2. The van der Waals surface area contributed by atoms with E-state index >= 15 is 0 Å². The quantitative estimate of drug-likeness (QED) is 0.567. The number of rotatable bonds is 4. The van der Waals surface area contributed by atoms with Gasteiger partial charge in [-0.2, -0.15) is 0 Å². The lowest BCUT2D eigenvalue weighted by Crippen LogP contribution is -2.54. The third-order valence-electron chi connectivity index (χ3n) is 7.49. The molecule has 5 nitrogen and oxygen atoms in total. The van der Waals surface area contributed by atoms with E-state index in [1.54, 1.807) is 0 Å². The Bertz CT molecular complexity index is 1200. The van der Waals surface area contributed by atoms with E-state index in [-0.39, 0.29) is 11.8 Å². The summed E-state index contributed by atoms with van der Waals surface area (Å²) in [6.45, 7) is 8.08. The summed E-state index contributed by atoms with van der Waals surface area (Å²) >= 11 is 0. The van der Waals surface area contributed by atoms with Gasteiger partial charge in [0.2, 0.25) is 5.91 Å². The van der Waals surface area contributed by atoms with E-state index in [0.717, 1.165) is 30.8 Å². The lowest BCUT2D eigenvalue weighted by atomic mass is 9.83. The highest BCUT2D eigenvalue weighted by Gasteiger charge is 2.35. The molecule has 180 valence electrons. The molecule has 0 aliphatic carbocycles. The summed E-state index contributed by atoms with van der Waals surface area (Å²) in [5.41, 5.74) is 5.09. The average molecular weight is 468 g/mol. The van der Waals surface area contributed by atoms with Crippen LogP contribution in [0.2, 0.25) is 0 Å². The molecular formula is C30H33N3O2. The summed E-state index contributed by atoms with van der Waals surface area (Å²) in [7, 11) is 0. The molecule has 0 radical (unpaired) electrons. The van der Waals surface area contributed by atoms with E-state index in [0.29, 0.717) is 31.7 Å². The molecular weight excluding hydrogens is 434 g/mol. The number of anilines is 1. The monoisotopic (exact) mass is 467 g/mol. The lowest BCUT2D eigenvalue weighted by Gasteiger charge is -2.39. The molecule has 0 aromatic heterocycles. The molecule has 0 bridgehead atoms. The number of benzene rings is 3. The minimum absolute atomic E-state index is 0.0370. The number of hydrogen-bond acceptors (Lipinski definition) is 3. The van der Waals surface area contributed by atoms with Crippen LogP contribution in [0.3, 0.4) is 0 Å². The Morgan fingerprint density at radius 3 is 1.97 bits per heavy atom. The zero-order valence-corrected chi connectivity index (χ0v) is 20.6. The van der Waals surface area contributed by atoms with Crippen LogP contribution in [0.25, 0.3) is 0 Å². The van der Waals surface area contributed by atoms with Gasteiger partial charge in [0.1, 0.15) is 0 Å². The van der Waals surface area contributed by atoms with Gasteiger partial charge in [0.15, 0.2) is 0 Å². The molecule has 2 aliphatic rings. The largest absolute Gasteiger partial charge is 0.367 e. The summed E-state index contributed by atoms with van der Waals surface area (Å²) in [6.07, 6.45) is 1.04. The van der Waals surface area contributed by atoms with Gasteiger partial charge < -0.3 is 14.7 Å².